The summed E-state index contributed by atoms with van der Waals surface area (Å²) in [6.45, 7) is 3.73. The molecule has 0 aromatic carbocycles. The molecule has 1 atom stereocenters. The van der Waals surface area contributed by atoms with E-state index in [1.165, 1.54) is 7.11 Å². The first kappa shape index (κ1) is 15.3. The van der Waals surface area contributed by atoms with Gasteiger partial charge in [0.2, 0.25) is 5.88 Å². The number of fused-ring (bicyclic) bond motifs is 1. The number of ether oxygens (including phenoxy) is 2. The van der Waals surface area contributed by atoms with Crippen LogP contribution < -0.4 is 10.1 Å². The van der Waals surface area contributed by atoms with Gasteiger partial charge in [0, 0.05) is 18.3 Å². The molecule has 1 aromatic rings. The van der Waals surface area contributed by atoms with Gasteiger partial charge in [-0.3, -0.25) is 9.59 Å². The Kier molecular flexibility index (Phi) is 4.45. The van der Waals surface area contributed by atoms with Crippen LogP contribution in [0.25, 0.3) is 0 Å². The molecule has 1 N–H and O–H groups in total. The number of hydrogen-bond donors (Lipinski definition) is 1. The van der Waals surface area contributed by atoms with E-state index in [1.807, 2.05) is 13.8 Å². The Morgan fingerprint density at radius 3 is 2.57 bits per heavy atom. The fourth-order valence-corrected chi connectivity index (χ4v) is 2.67. The number of nitrogens with zero attached hydrogens (tertiary/aromatic N) is 1. The third kappa shape index (κ3) is 2.99. The van der Waals surface area contributed by atoms with E-state index in [0.717, 1.165) is 22.4 Å². The largest absolute Gasteiger partial charge is 0.469 e. The Labute approximate surface area is 123 Å². The molecule has 0 spiro atoms. The third-order valence-corrected chi connectivity index (χ3v) is 3.90. The van der Waals surface area contributed by atoms with Crippen molar-refractivity contribution in [2.24, 2.45) is 5.92 Å². The number of methoxy groups -OCH3 is 1. The van der Waals surface area contributed by atoms with Crippen molar-refractivity contribution < 1.29 is 19.1 Å². The van der Waals surface area contributed by atoms with E-state index in [4.69, 9.17) is 9.47 Å². The maximum Gasteiger partial charge on any atom is 0.309 e. The molecule has 0 radical (unpaired) electrons. The number of rotatable bonds is 4. The normalized spacial score (nSPS) is 16.3. The standard InChI is InChI=1S/C15H20N2O4/c1-8-11-5-10(15(19)20-4)6-12(11)9(2)17-14(8)21-7-13(18)16-3/h10H,5-7H2,1-4H3,(H,16,18). The van der Waals surface area contributed by atoms with Gasteiger partial charge < -0.3 is 14.8 Å². The first-order valence-corrected chi connectivity index (χ1v) is 6.88. The number of esters is 1. The minimum atomic E-state index is -0.207. The number of hydrogen-bond acceptors (Lipinski definition) is 5. The average Bonchev–Trinajstić information content (AvgIpc) is 2.94. The minimum Gasteiger partial charge on any atom is -0.469 e. The van der Waals surface area contributed by atoms with Crippen LogP contribution in [-0.2, 0) is 27.2 Å². The number of pyridine rings is 1. The quantitative estimate of drug-likeness (QED) is 0.827. The molecule has 0 saturated carbocycles. The number of likely N-dealkylation sites (N-methyl/N-ethyl adjacent to an activating group) is 1. The van der Waals surface area contributed by atoms with E-state index < -0.39 is 0 Å². The van der Waals surface area contributed by atoms with Crippen molar-refractivity contribution >= 4 is 11.9 Å². The molecular weight excluding hydrogens is 272 g/mol. The highest BCUT2D eigenvalue weighted by molar-refractivity contribution is 5.77. The maximum atomic E-state index is 11.7. The van der Waals surface area contributed by atoms with Crippen LogP contribution in [0.3, 0.4) is 0 Å². The van der Waals surface area contributed by atoms with E-state index in [-0.39, 0.29) is 24.4 Å². The Morgan fingerprint density at radius 2 is 1.95 bits per heavy atom. The molecule has 1 aliphatic rings. The predicted octanol–water partition coefficient (Wildman–Crippen LogP) is 0.711. The molecule has 6 nitrogen and oxygen atoms in total. The Balaban J connectivity index is 2.25. The molecule has 1 unspecified atom stereocenters. The van der Waals surface area contributed by atoms with Crippen LogP contribution in [0.1, 0.15) is 22.4 Å². The highest BCUT2D eigenvalue weighted by atomic mass is 16.5. The number of amides is 1. The number of aryl methyl sites for hydroxylation is 1. The number of aromatic nitrogens is 1. The second-order valence-electron chi connectivity index (χ2n) is 5.17. The van der Waals surface area contributed by atoms with Crippen LogP contribution in [0, 0.1) is 19.8 Å². The summed E-state index contributed by atoms with van der Waals surface area (Å²) >= 11 is 0. The zero-order valence-electron chi connectivity index (χ0n) is 12.8. The zero-order valence-corrected chi connectivity index (χ0v) is 12.8. The van der Waals surface area contributed by atoms with Crippen molar-refractivity contribution in [1.29, 1.82) is 0 Å². The molecule has 1 heterocycles. The summed E-state index contributed by atoms with van der Waals surface area (Å²) in [6, 6.07) is 0. The lowest BCUT2D eigenvalue weighted by atomic mass is 10.0. The van der Waals surface area contributed by atoms with E-state index in [2.05, 4.69) is 10.3 Å². The van der Waals surface area contributed by atoms with Crippen LogP contribution in [0.2, 0.25) is 0 Å². The second-order valence-corrected chi connectivity index (χ2v) is 5.17. The molecular formula is C15H20N2O4. The van der Waals surface area contributed by atoms with Crippen molar-refractivity contribution in [3.8, 4) is 5.88 Å². The van der Waals surface area contributed by atoms with Crippen LogP contribution in [0.15, 0.2) is 0 Å². The van der Waals surface area contributed by atoms with E-state index in [9.17, 15) is 9.59 Å². The van der Waals surface area contributed by atoms with E-state index in [0.29, 0.717) is 18.7 Å². The third-order valence-electron chi connectivity index (χ3n) is 3.90. The number of carbonyl (C=O) groups is 2. The molecule has 2 rings (SSSR count). The lowest BCUT2D eigenvalue weighted by molar-refractivity contribution is -0.145. The molecule has 0 bridgehead atoms. The molecule has 0 saturated heterocycles. The van der Waals surface area contributed by atoms with Crippen molar-refractivity contribution in [1.82, 2.24) is 10.3 Å². The van der Waals surface area contributed by atoms with Gasteiger partial charge in [-0.15, -0.1) is 0 Å². The van der Waals surface area contributed by atoms with Gasteiger partial charge >= 0.3 is 5.97 Å². The lowest BCUT2D eigenvalue weighted by Gasteiger charge is -2.13. The van der Waals surface area contributed by atoms with Crippen LogP contribution in [0.4, 0.5) is 0 Å². The van der Waals surface area contributed by atoms with Crippen LogP contribution in [0.5, 0.6) is 5.88 Å². The highest BCUT2D eigenvalue weighted by Gasteiger charge is 2.32. The van der Waals surface area contributed by atoms with Gasteiger partial charge in [-0.1, -0.05) is 0 Å². The molecule has 6 heteroatoms. The van der Waals surface area contributed by atoms with Gasteiger partial charge in [0.15, 0.2) is 6.61 Å². The Bertz CT molecular complexity index is 584. The fraction of sp³-hybridized carbons (Fsp3) is 0.533. The summed E-state index contributed by atoms with van der Waals surface area (Å²) in [4.78, 5) is 27.4. The van der Waals surface area contributed by atoms with Gasteiger partial charge in [-0.25, -0.2) is 4.98 Å². The van der Waals surface area contributed by atoms with Crippen molar-refractivity contribution in [2.75, 3.05) is 20.8 Å². The summed E-state index contributed by atoms with van der Waals surface area (Å²) < 4.78 is 10.3. The van der Waals surface area contributed by atoms with Gasteiger partial charge in [0.1, 0.15) is 0 Å². The first-order chi connectivity index (χ1) is 9.97. The van der Waals surface area contributed by atoms with Gasteiger partial charge in [-0.2, -0.15) is 0 Å². The first-order valence-electron chi connectivity index (χ1n) is 6.88. The highest BCUT2D eigenvalue weighted by Crippen LogP contribution is 2.35. The molecule has 0 fully saturated rings. The molecule has 1 aliphatic carbocycles. The average molecular weight is 292 g/mol. The van der Waals surface area contributed by atoms with Gasteiger partial charge in [0.05, 0.1) is 13.0 Å². The smallest absolute Gasteiger partial charge is 0.309 e. The molecule has 1 amide bonds. The van der Waals surface area contributed by atoms with Gasteiger partial charge in [-0.05, 0) is 37.8 Å². The maximum absolute atomic E-state index is 11.7. The topological polar surface area (TPSA) is 77.5 Å². The Hall–Kier alpha value is -2.11. The lowest BCUT2D eigenvalue weighted by Crippen LogP contribution is -2.25. The van der Waals surface area contributed by atoms with E-state index in [1.54, 1.807) is 7.05 Å². The molecule has 114 valence electrons. The molecule has 0 aliphatic heterocycles. The number of carbonyl (C=O) groups excluding carboxylic acids is 2. The van der Waals surface area contributed by atoms with Crippen molar-refractivity contribution in [3.63, 3.8) is 0 Å². The summed E-state index contributed by atoms with van der Waals surface area (Å²) in [7, 11) is 2.96. The van der Waals surface area contributed by atoms with E-state index >= 15 is 0 Å². The molecule has 21 heavy (non-hydrogen) atoms. The number of nitrogens with one attached hydrogen (secondary N) is 1. The van der Waals surface area contributed by atoms with Crippen molar-refractivity contribution in [2.45, 2.75) is 26.7 Å². The summed E-state index contributed by atoms with van der Waals surface area (Å²) in [5.74, 6) is -0.0987. The van der Waals surface area contributed by atoms with Gasteiger partial charge in [0.25, 0.3) is 5.91 Å². The molecule has 1 aromatic heterocycles. The fourth-order valence-electron chi connectivity index (χ4n) is 2.67. The van der Waals surface area contributed by atoms with Crippen LogP contribution in [-0.4, -0.2) is 37.6 Å². The monoisotopic (exact) mass is 292 g/mol. The minimum absolute atomic E-state index is 0.0665. The summed E-state index contributed by atoms with van der Waals surface area (Å²) in [5.41, 5.74) is 3.92. The predicted molar refractivity (Wildman–Crippen MR) is 76.2 cm³/mol. The second kappa shape index (κ2) is 6.11. The summed E-state index contributed by atoms with van der Waals surface area (Å²) in [6.07, 6.45) is 1.28. The van der Waals surface area contributed by atoms with Crippen molar-refractivity contribution in [3.05, 3.63) is 22.4 Å². The summed E-state index contributed by atoms with van der Waals surface area (Å²) in [5, 5.41) is 2.50. The zero-order chi connectivity index (χ0) is 15.6. The Morgan fingerprint density at radius 1 is 1.29 bits per heavy atom. The van der Waals surface area contributed by atoms with Crippen LogP contribution >= 0.6 is 0 Å². The SMILES string of the molecule is CNC(=O)COc1nc(C)c2c(c1C)CC(C(=O)OC)C2.